The number of hydrogen-bond acceptors (Lipinski definition) is 4. The second-order valence-electron chi connectivity index (χ2n) is 7.98. The number of methoxy groups -OCH3 is 1. The number of fused-ring (bicyclic) bond motifs is 5. The molecule has 7 heteroatoms. The molecule has 0 unspecified atom stereocenters. The van der Waals surface area contributed by atoms with Crippen molar-refractivity contribution in [3.63, 3.8) is 0 Å². The van der Waals surface area contributed by atoms with Crippen molar-refractivity contribution in [2.75, 3.05) is 13.9 Å². The Morgan fingerprint density at radius 3 is 2.70 bits per heavy atom. The SMILES string of the molecule is COc1ccc2cc3[n+](cc2c1OCc1cccc(Br)c1)CCc1cc2c(cc1-3)OCO2.[Br-]. The maximum Gasteiger partial charge on any atom is 0.231 e. The van der Waals surface area contributed by atoms with Crippen molar-refractivity contribution in [3.05, 3.63) is 76.4 Å². The average molecular weight is 571 g/mol. The quantitative estimate of drug-likeness (QED) is 0.354. The predicted octanol–water partition coefficient (Wildman–Crippen LogP) is 2.43. The van der Waals surface area contributed by atoms with Gasteiger partial charge in [-0.2, -0.15) is 4.57 Å². The van der Waals surface area contributed by atoms with Gasteiger partial charge in [-0.1, -0.05) is 28.1 Å². The monoisotopic (exact) mass is 569 g/mol. The highest BCUT2D eigenvalue weighted by Gasteiger charge is 2.28. The Morgan fingerprint density at radius 1 is 1.03 bits per heavy atom. The molecule has 0 N–H and O–H groups in total. The van der Waals surface area contributed by atoms with Gasteiger partial charge in [-0.25, -0.2) is 0 Å². The topological polar surface area (TPSA) is 40.8 Å². The van der Waals surface area contributed by atoms with E-state index in [2.05, 4.69) is 63.1 Å². The lowest BCUT2D eigenvalue weighted by atomic mass is 9.95. The summed E-state index contributed by atoms with van der Waals surface area (Å²) < 4.78 is 26.5. The van der Waals surface area contributed by atoms with Crippen LogP contribution in [0.5, 0.6) is 23.0 Å². The number of ether oxygens (including phenoxy) is 4. The molecule has 0 bridgehead atoms. The Kier molecular flexibility index (Phi) is 5.93. The van der Waals surface area contributed by atoms with Crippen LogP contribution in [0.2, 0.25) is 0 Å². The molecule has 0 radical (unpaired) electrons. The van der Waals surface area contributed by atoms with E-state index in [1.807, 2.05) is 18.2 Å². The van der Waals surface area contributed by atoms with Gasteiger partial charge in [-0.15, -0.1) is 0 Å². The molecular weight excluding hydrogens is 550 g/mol. The number of hydrogen-bond donors (Lipinski definition) is 0. The second-order valence-corrected chi connectivity index (χ2v) is 8.90. The van der Waals surface area contributed by atoms with E-state index in [-0.39, 0.29) is 23.8 Å². The molecule has 33 heavy (non-hydrogen) atoms. The van der Waals surface area contributed by atoms with Crippen molar-refractivity contribution in [3.8, 4) is 34.3 Å². The fraction of sp³-hybridized carbons (Fsp3) is 0.192. The zero-order valence-corrected chi connectivity index (χ0v) is 21.1. The number of pyridine rings is 1. The standard InChI is InChI=1S/C26H21BrNO4.BrH/c1-29-23-6-5-17-10-22-20-12-25-24(31-15-32-25)11-18(20)7-8-28(22)13-21(17)26(23)30-14-16-3-2-4-19(27)9-16;/h2-6,9-13H,7-8,14-15H2,1H3;1H/q+1;/p-1. The lowest BCUT2D eigenvalue weighted by molar-refractivity contribution is -0.686. The summed E-state index contributed by atoms with van der Waals surface area (Å²) in [6.07, 6.45) is 3.12. The van der Waals surface area contributed by atoms with Crippen molar-refractivity contribution in [2.45, 2.75) is 19.6 Å². The first-order valence-electron chi connectivity index (χ1n) is 10.5. The molecule has 0 atom stereocenters. The van der Waals surface area contributed by atoms with Gasteiger partial charge in [0.25, 0.3) is 0 Å². The molecule has 2 aliphatic heterocycles. The van der Waals surface area contributed by atoms with E-state index >= 15 is 0 Å². The third-order valence-corrected chi connectivity index (χ3v) is 6.56. The third kappa shape index (κ3) is 3.93. The number of nitrogens with zero attached hydrogens (tertiary/aromatic N) is 1. The van der Waals surface area contributed by atoms with Crippen LogP contribution in [0.15, 0.2) is 65.3 Å². The summed E-state index contributed by atoms with van der Waals surface area (Å²) in [5.41, 5.74) is 4.73. The maximum absolute atomic E-state index is 6.31. The molecule has 6 rings (SSSR count). The maximum atomic E-state index is 6.31. The van der Waals surface area contributed by atoms with E-state index < -0.39 is 0 Å². The molecule has 2 aliphatic rings. The summed E-state index contributed by atoms with van der Waals surface area (Å²) in [6.45, 7) is 1.64. The minimum atomic E-state index is 0. The largest absolute Gasteiger partial charge is 1.00 e. The van der Waals surface area contributed by atoms with Crippen LogP contribution in [0.1, 0.15) is 11.1 Å². The predicted molar refractivity (Wildman–Crippen MR) is 124 cm³/mol. The number of rotatable bonds is 4. The van der Waals surface area contributed by atoms with Crippen LogP contribution in [0.3, 0.4) is 0 Å². The van der Waals surface area contributed by atoms with Crippen molar-refractivity contribution < 1.29 is 40.5 Å². The van der Waals surface area contributed by atoms with Crippen molar-refractivity contribution in [1.82, 2.24) is 0 Å². The first-order chi connectivity index (χ1) is 15.7. The van der Waals surface area contributed by atoms with E-state index in [1.54, 1.807) is 7.11 Å². The molecule has 1 aromatic heterocycles. The number of aromatic nitrogens is 1. The fourth-order valence-corrected chi connectivity index (χ4v) is 4.94. The van der Waals surface area contributed by atoms with Crippen molar-refractivity contribution in [2.24, 2.45) is 0 Å². The molecule has 3 heterocycles. The number of halogens is 2. The molecule has 0 amide bonds. The summed E-state index contributed by atoms with van der Waals surface area (Å²) in [5.74, 6) is 3.14. The van der Waals surface area contributed by atoms with Crippen molar-refractivity contribution >= 4 is 26.7 Å². The zero-order chi connectivity index (χ0) is 21.7. The summed E-state index contributed by atoms with van der Waals surface area (Å²) in [5, 5.41) is 2.14. The van der Waals surface area contributed by atoms with Gasteiger partial charge in [0.05, 0.1) is 18.1 Å². The first kappa shape index (κ1) is 22.0. The lowest BCUT2D eigenvalue weighted by Gasteiger charge is -2.18. The molecule has 3 aromatic carbocycles. The van der Waals surface area contributed by atoms with E-state index in [0.29, 0.717) is 6.61 Å². The molecule has 5 nitrogen and oxygen atoms in total. The molecule has 0 fully saturated rings. The first-order valence-corrected chi connectivity index (χ1v) is 11.3. The fourth-order valence-electron chi connectivity index (χ4n) is 4.49. The van der Waals surface area contributed by atoms with Gasteiger partial charge < -0.3 is 35.9 Å². The summed E-state index contributed by atoms with van der Waals surface area (Å²) in [6, 6.07) is 18.6. The summed E-state index contributed by atoms with van der Waals surface area (Å²) in [4.78, 5) is 0. The molecule has 0 saturated carbocycles. The van der Waals surface area contributed by atoms with Crippen LogP contribution >= 0.6 is 15.9 Å². The second kappa shape index (κ2) is 8.88. The molecular formula is C26H21Br2NO4. The Bertz CT molecular complexity index is 1370. The van der Waals surface area contributed by atoms with Gasteiger partial charge in [0.15, 0.2) is 35.7 Å². The van der Waals surface area contributed by atoms with Crippen LogP contribution in [0, 0.1) is 0 Å². The Hall–Kier alpha value is -2.77. The normalized spacial score (nSPS) is 13.2. The molecule has 0 spiro atoms. The van der Waals surface area contributed by atoms with Crippen LogP contribution in [0.25, 0.3) is 22.0 Å². The Balaban J connectivity index is 0.00000228. The van der Waals surface area contributed by atoms with Crippen LogP contribution in [0.4, 0.5) is 0 Å². The highest BCUT2D eigenvalue weighted by atomic mass is 79.9. The van der Waals surface area contributed by atoms with Gasteiger partial charge in [-0.3, -0.25) is 0 Å². The minimum Gasteiger partial charge on any atom is -1.00 e. The number of benzene rings is 3. The van der Waals surface area contributed by atoms with Gasteiger partial charge >= 0.3 is 0 Å². The Labute approximate surface area is 210 Å². The molecule has 4 aromatic rings. The van der Waals surface area contributed by atoms with Crippen LogP contribution in [-0.4, -0.2) is 13.9 Å². The third-order valence-electron chi connectivity index (χ3n) is 6.07. The molecule has 168 valence electrons. The van der Waals surface area contributed by atoms with E-state index in [9.17, 15) is 0 Å². The smallest absolute Gasteiger partial charge is 0.231 e. The zero-order valence-electron chi connectivity index (χ0n) is 17.9. The van der Waals surface area contributed by atoms with Crippen LogP contribution < -0.4 is 40.5 Å². The summed E-state index contributed by atoms with van der Waals surface area (Å²) in [7, 11) is 1.68. The van der Waals surface area contributed by atoms with Crippen molar-refractivity contribution in [1.29, 1.82) is 0 Å². The van der Waals surface area contributed by atoms with E-state index in [1.165, 1.54) is 16.8 Å². The highest BCUT2D eigenvalue weighted by molar-refractivity contribution is 9.10. The Morgan fingerprint density at radius 2 is 1.88 bits per heavy atom. The van der Waals surface area contributed by atoms with E-state index in [0.717, 1.165) is 56.8 Å². The van der Waals surface area contributed by atoms with Crippen LogP contribution in [-0.2, 0) is 19.6 Å². The summed E-state index contributed by atoms with van der Waals surface area (Å²) >= 11 is 3.53. The molecule has 0 saturated heterocycles. The lowest BCUT2D eigenvalue weighted by Crippen LogP contribution is -3.00. The number of aryl methyl sites for hydroxylation is 2. The average Bonchev–Trinajstić information content (AvgIpc) is 3.27. The van der Waals surface area contributed by atoms with E-state index in [4.69, 9.17) is 18.9 Å². The van der Waals surface area contributed by atoms with Gasteiger partial charge in [0, 0.05) is 17.0 Å². The molecule has 0 aliphatic carbocycles. The van der Waals surface area contributed by atoms with Gasteiger partial charge in [0.1, 0.15) is 6.61 Å². The van der Waals surface area contributed by atoms with Gasteiger partial charge in [-0.05, 0) is 52.9 Å². The minimum absolute atomic E-state index is 0. The highest BCUT2D eigenvalue weighted by Crippen LogP contribution is 2.41. The van der Waals surface area contributed by atoms with Gasteiger partial charge in [0.2, 0.25) is 12.5 Å².